The van der Waals surface area contributed by atoms with Gasteiger partial charge >= 0.3 is 0 Å². The number of rotatable bonds is 4. The number of phenolic OH excluding ortho intramolecular Hbond substituents is 1. The van der Waals surface area contributed by atoms with Gasteiger partial charge in [0, 0.05) is 17.5 Å². The topological polar surface area (TPSA) is 61.4 Å². The number of carbonyl (C=O) groups is 1. The third-order valence-electron chi connectivity index (χ3n) is 2.71. The van der Waals surface area contributed by atoms with Gasteiger partial charge in [0.05, 0.1) is 12.2 Å². The molecule has 19 heavy (non-hydrogen) atoms. The quantitative estimate of drug-likeness (QED) is 0.751. The van der Waals surface area contributed by atoms with Gasteiger partial charge in [-0.1, -0.05) is 0 Å². The molecule has 0 saturated heterocycles. The van der Waals surface area contributed by atoms with Crippen molar-refractivity contribution < 1.29 is 9.90 Å². The van der Waals surface area contributed by atoms with Gasteiger partial charge in [0.25, 0.3) is 0 Å². The van der Waals surface area contributed by atoms with Crippen LogP contribution in [0.5, 0.6) is 5.75 Å². The van der Waals surface area contributed by atoms with E-state index in [-0.39, 0.29) is 11.7 Å². The molecule has 0 aliphatic carbocycles. The summed E-state index contributed by atoms with van der Waals surface area (Å²) in [6.07, 6.45) is 0. The van der Waals surface area contributed by atoms with E-state index in [4.69, 9.17) is 0 Å². The van der Waals surface area contributed by atoms with E-state index in [1.54, 1.807) is 23.5 Å². The smallest absolute Gasteiger partial charge is 0.221 e. The fourth-order valence-corrected chi connectivity index (χ4v) is 2.57. The van der Waals surface area contributed by atoms with Crippen LogP contribution in [0, 0.1) is 6.92 Å². The summed E-state index contributed by atoms with van der Waals surface area (Å²) in [5.74, 6) is 0.193. The maximum atomic E-state index is 11.1. The molecule has 0 aliphatic rings. The first kappa shape index (κ1) is 13.4. The zero-order valence-corrected chi connectivity index (χ0v) is 11.7. The van der Waals surface area contributed by atoms with Gasteiger partial charge in [0.15, 0.2) is 0 Å². The van der Waals surface area contributed by atoms with Crippen molar-refractivity contribution >= 4 is 28.6 Å². The van der Waals surface area contributed by atoms with Crippen LogP contribution < -0.4 is 10.6 Å². The maximum absolute atomic E-state index is 11.1. The molecule has 2 rings (SSSR count). The molecule has 0 fully saturated rings. The van der Waals surface area contributed by atoms with E-state index in [1.807, 2.05) is 24.4 Å². The second kappa shape index (κ2) is 5.75. The van der Waals surface area contributed by atoms with Gasteiger partial charge in [0.1, 0.15) is 5.75 Å². The Morgan fingerprint density at radius 2 is 2.11 bits per heavy atom. The zero-order chi connectivity index (χ0) is 13.8. The number of aromatic hydroxyl groups is 1. The fourth-order valence-electron chi connectivity index (χ4n) is 1.80. The van der Waals surface area contributed by atoms with E-state index in [0.717, 1.165) is 21.8 Å². The Labute approximate surface area is 116 Å². The number of amides is 1. The number of anilines is 2. The van der Waals surface area contributed by atoms with Gasteiger partial charge in [-0.15, -0.1) is 11.3 Å². The van der Waals surface area contributed by atoms with Crippen molar-refractivity contribution in [2.75, 3.05) is 10.6 Å². The van der Waals surface area contributed by atoms with Gasteiger partial charge in [-0.25, -0.2) is 0 Å². The predicted molar refractivity (Wildman–Crippen MR) is 78.8 cm³/mol. The Balaban J connectivity index is 2.06. The van der Waals surface area contributed by atoms with E-state index in [0.29, 0.717) is 6.54 Å². The van der Waals surface area contributed by atoms with E-state index in [1.165, 1.54) is 6.92 Å². The number of carbonyl (C=O) groups excluding carboxylic acids is 1. The molecule has 1 amide bonds. The normalized spacial score (nSPS) is 10.2. The molecule has 0 saturated carbocycles. The van der Waals surface area contributed by atoms with Gasteiger partial charge in [0.2, 0.25) is 5.91 Å². The second-order valence-corrected chi connectivity index (χ2v) is 5.29. The Hall–Kier alpha value is -2.01. The molecule has 0 bridgehead atoms. The highest BCUT2D eigenvalue weighted by molar-refractivity contribution is 7.10. The minimum absolute atomic E-state index is 0.0690. The molecule has 4 nitrogen and oxygen atoms in total. The van der Waals surface area contributed by atoms with Crippen LogP contribution in [-0.4, -0.2) is 11.0 Å². The lowest BCUT2D eigenvalue weighted by Gasteiger charge is -2.10. The van der Waals surface area contributed by atoms with Crippen molar-refractivity contribution in [3.8, 4) is 5.75 Å². The fraction of sp³-hybridized carbons (Fsp3) is 0.214. The van der Waals surface area contributed by atoms with Crippen molar-refractivity contribution in [3.63, 3.8) is 0 Å². The molecule has 100 valence electrons. The Kier molecular flexibility index (Phi) is 4.06. The van der Waals surface area contributed by atoms with Crippen LogP contribution in [0.15, 0.2) is 29.6 Å². The molecule has 0 atom stereocenters. The zero-order valence-electron chi connectivity index (χ0n) is 10.9. The van der Waals surface area contributed by atoms with Crippen LogP contribution in [0.1, 0.15) is 17.4 Å². The molecule has 0 spiro atoms. The van der Waals surface area contributed by atoms with Crippen LogP contribution in [-0.2, 0) is 11.3 Å². The number of nitrogens with one attached hydrogen (secondary N) is 2. The highest BCUT2D eigenvalue weighted by Crippen LogP contribution is 2.25. The largest absolute Gasteiger partial charge is 0.508 e. The first-order valence-corrected chi connectivity index (χ1v) is 6.81. The lowest BCUT2D eigenvalue weighted by molar-refractivity contribution is -0.114. The molecule has 1 heterocycles. The second-order valence-electron chi connectivity index (χ2n) is 4.29. The summed E-state index contributed by atoms with van der Waals surface area (Å²) in [6.45, 7) is 4.07. The minimum atomic E-state index is -0.0690. The van der Waals surface area contributed by atoms with Crippen molar-refractivity contribution in [2.45, 2.75) is 20.4 Å². The minimum Gasteiger partial charge on any atom is -0.508 e. The average molecular weight is 276 g/mol. The summed E-state index contributed by atoms with van der Waals surface area (Å²) < 4.78 is 0. The van der Waals surface area contributed by atoms with Crippen LogP contribution in [0.25, 0.3) is 0 Å². The number of thiophene rings is 1. The van der Waals surface area contributed by atoms with Crippen molar-refractivity contribution in [3.05, 3.63) is 40.1 Å². The highest BCUT2D eigenvalue weighted by atomic mass is 32.1. The summed E-state index contributed by atoms with van der Waals surface area (Å²) in [7, 11) is 0. The van der Waals surface area contributed by atoms with Crippen LogP contribution in [0.3, 0.4) is 0 Å². The molecule has 2 aromatic rings. The summed E-state index contributed by atoms with van der Waals surface area (Å²) in [6, 6.07) is 7.10. The van der Waals surface area contributed by atoms with Gasteiger partial charge in [-0.05, 0) is 42.1 Å². The van der Waals surface area contributed by atoms with Crippen LogP contribution >= 0.6 is 11.3 Å². The lowest BCUT2D eigenvalue weighted by atomic mass is 10.2. The lowest BCUT2D eigenvalue weighted by Crippen LogP contribution is -2.08. The van der Waals surface area contributed by atoms with Gasteiger partial charge in [-0.2, -0.15) is 0 Å². The molecule has 0 radical (unpaired) electrons. The van der Waals surface area contributed by atoms with E-state index in [2.05, 4.69) is 10.6 Å². The van der Waals surface area contributed by atoms with E-state index >= 15 is 0 Å². The predicted octanol–water partition coefficient (Wildman–Crippen LogP) is 3.33. The third-order valence-corrected chi connectivity index (χ3v) is 3.63. The first-order valence-electron chi connectivity index (χ1n) is 5.93. The summed E-state index contributed by atoms with van der Waals surface area (Å²) in [4.78, 5) is 12.1. The molecule has 5 heteroatoms. The number of benzene rings is 1. The van der Waals surface area contributed by atoms with Crippen molar-refractivity contribution in [1.29, 1.82) is 0 Å². The molecular weight excluding hydrogens is 260 g/mol. The molecule has 1 aromatic carbocycles. The standard InChI is InChI=1S/C14H16N2O2S/c1-9-7-11(18)3-4-12(9)15-8-14-13(5-6-19-14)16-10(2)17/h3-7,15,18H,8H2,1-2H3,(H,16,17). The monoisotopic (exact) mass is 276 g/mol. The molecule has 1 aromatic heterocycles. The number of aryl methyl sites for hydroxylation is 1. The molecular formula is C14H16N2O2S. The molecule has 3 N–H and O–H groups in total. The summed E-state index contributed by atoms with van der Waals surface area (Å²) in [5.41, 5.74) is 2.80. The van der Waals surface area contributed by atoms with Crippen LogP contribution in [0.4, 0.5) is 11.4 Å². The first-order chi connectivity index (χ1) is 9.06. The maximum Gasteiger partial charge on any atom is 0.221 e. The number of hydrogen-bond donors (Lipinski definition) is 3. The Morgan fingerprint density at radius 3 is 2.79 bits per heavy atom. The SMILES string of the molecule is CC(=O)Nc1ccsc1CNc1ccc(O)cc1C. The van der Waals surface area contributed by atoms with Crippen LogP contribution in [0.2, 0.25) is 0 Å². The number of phenols is 1. The molecule has 0 unspecified atom stereocenters. The van der Waals surface area contributed by atoms with E-state index in [9.17, 15) is 9.90 Å². The Morgan fingerprint density at radius 1 is 1.32 bits per heavy atom. The van der Waals surface area contributed by atoms with Crippen molar-refractivity contribution in [2.24, 2.45) is 0 Å². The Bertz CT molecular complexity index is 593. The third kappa shape index (κ3) is 3.48. The van der Waals surface area contributed by atoms with Crippen molar-refractivity contribution in [1.82, 2.24) is 0 Å². The summed E-state index contributed by atoms with van der Waals surface area (Å²) >= 11 is 1.59. The van der Waals surface area contributed by atoms with E-state index < -0.39 is 0 Å². The van der Waals surface area contributed by atoms with Gasteiger partial charge < -0.3 is 15.7 Å². The summed E-state index contributed by atoms with van der Waals surface area (Å²) in [5, 5.41) is 17.4. The highest BCUT2D eigenvalue weighted by Gasteiger charge is 2.06. The average Bonchev–Trinajstić information content (AvgIpc) is 2.74. The number of hydrogen-bond acceptors (Lipinski definition) is 4. The van der Waals surface area contributed by atoms with Gasteiger partial charge in [-0.3, -0.25) is 4.79 Å². The molecule has 0 aliphatic heterocycles.